The van der Waals surface area contributed by atoms with Gasteiger partial charge in [-0.05, 0) is 42.6 Å². The molecule has 1 aromatic carbocycles. The van der Waals surface area contributed by atoms with E-state index in [0.29, 0.717) is 17.0 Å². The Bertz CT molecular complexity index is 723. The molecule has 0 unspecified atom stereocenters. The second kappa shape index (κ2) is 9.97. The molecule has 0 spiro atoms. The van der Waals surface area contributed by atoms with Crippen molar-refractivity contribution in [2.75, 3.05) is 30.7 Å². The van der Waals surface area contributed by atoms with Crippen LogP contribution < -0.4 is 10.6 Å². The number of rotatable bonds is 5. The van der Waals surface area contributed by atoms with Crippen LogP contribution in [0.5, 0.6) is 0 Å². The van der Waals surface area contributed by atoms with E-state index in [1.807, 2.05) is 29.3 Å². The van der Waals surface area contributed by atoms with Crippen molar-refractivity contribution >= 4 is 53.0 Å². The van der Waals surface area contributed by atoms with E-state index < -0.39 is 0 Å². The zero-order chi connectivity index (χ0) is 17.6. The Hall–Kier alpha value is -1.54. The van der Waals surface area contributed by atoms with E-state index in [-0.39, 0.29) is 30.3 Å². The number of benzene rings is 1. The van der Waals surface area contributed by atoms with Crippen LogP contribution in [-0.4, -0.2) is 48.1 Å². The van der Waals surface area contributed by atoms with Crippen LogP contribution in [0, 0.1) is 0 Å². The van der Waals surface area contributed by atoms with E-state index in [1.54, 1.807) is 35.6 Å². The third kappa shape index (κ3) is 5.48. The lowest BCUT2D eigenvalue weighted by atomic mass is 10.1. The Balaban J connectivity index is 0.00000243. The first-order valence-corrected chi connectivity index (χ1v) is 10.1. The number of carbonyl (C=O) groups excluding carboxylic acids is 2. The number of anilines is 1. The van der Waals surface area contributed by atoms with E-state index >= 15 is 0 Å². The molecular weight excluding hydrogens is 390 g/mol. The summed E-state index contributed by atoms with van der Waals surface area (Å²) in [6.45, 7) is 4.41. The van der Waals surface area contributed by atoms with Crippen LogP contribution in [0.1, 0.15) is 17.3 Å². The maximum atomic E-state index is 12.6. The highest BCUT2D eigenvalue weighted by atomic mass is 35.5. The average Bonchev–Trinajstić information content (AvgIpc) is 3.14. The topological polar surface area (TPSA) is 61.4 Å². The highest BCUT2D eigenvalue weighted by molar-refractivity contribution is 8.01. The first kappa shape index (κ1) is 20.8. The molecule has 0 aliphatic carbocycles. The van der Waals surface area contributed by atoms with E-state index in [0.717, 1.165) is 23.8 Å². The molecule has 140 valence electrons. The van der Waals surface area contributed by atoms with Crippen molar-refractivity contribution < 1.29 is 9.59 Å². The molecule has 1 saturated heterocycles. The van der Waals surface area contributed by atoms with E-state index in [2.05, 4.69) is 10.6 Å². The molecule has 1 aliphatic rings. The zero-order valence-corrected chi connectivity index (χ0v) is 16.9. The van der Waals surface area contributed by atoms with Gasteiger partial charge in [-0.15, -0.1) is 35.5 Å². The highest BCUT2D eigenvalue weighted by Crippen LogP contribution is 2.23. The van der Waals surface area contributed by atoms with Gasteiger partial charge in [0, 0.05) is 36.9 Å². The SMILES string of the molecule is C[C@H]1CNCCN1C(=O)c1ccc(NC(=O)CSc2cccs2)cc1.Cl. The summed E-state index contributed by atoms with van der Waals surface area (Å²) in [5, 5.41) is 8.14. The Morgan fingerprint density at radius 3 is 2.73 bits per heavy atom. The number of hydrogen-bond acceptors (Lipinski definition) is 5. The summed E-state index contributed by atoms with van der Waals surface area (Å²) in [6.07, 6.45) is 0. The Labute approximate surface area is 168 Å². The maximum absolute atomic E-state index is 12.6. The summed E-state index contributed by atoms with van der Waals surface area (Å²) in [7, 11) is 0. The molecule has 2 N–H and O–H groups in total. The molecule has 0 saturated carbocycles. The van der Waals surface area contributed by atoms with Crippen LogP contribution in [0.4, 0.5) is 5.69 Å². The van der Waals surface area contributed by atoms with Crippen LogP contribution in [0.25, 0.3) is 0 Å². The third-order valence-corrected chi connectivity index (χ3v) is 6.15. The monoisotopic (exact) mass is 411 g/mol. The molecule has 8 heteroatoms. The fourth-order valence-electron chi connectivity index (χ4n) is 2.68. The van der Waals surface area contributed by atoms with Gasteiger partial charge >= 0.3 is 0 Å². The maximum Gasteiger partial charge on any atom is 0.254 e. The summed E-state index contributed by atoms with van der Waals surface area (Å²) in [6, 6.07) is 11.3. The second-order valence-electron chi connectivity index (χ2n) is 5.90. The number of carbonyl (C=O) groups is 2. The van der Waals surface area contributed by atoms with Gasteiger partial charge in [-0.3, -0.25) is 9.59 Å². The minimum Gasteiger partial charge on any atom is -0.333 e. The highest BCUT2D eigenvalue weighted by Gasteiger charge is 2.23. The lowest BCUT2D eigenvalue weighted by molar-refractivity contribution is -0.113. The van der Waals surface area contributed by atoms with Gasteiger partial charge in [0.1, 0.15) is 0 Å². The molecular formula is C18H22ClN3O2S2. The average molecular weight is 412 g/mol. The number of nitrogens with zero attached hydrogens (tertiary/aromatic N) is 1. The molecule has 0 bridgehead atoms. The third-order valence-electron chi connectivity index (χ3n) is 4.02. The summed E-state index contributed by atoms with van der Waals surface area (Å²) >= 11 is 3.15. The Morgan fingerprint density at radius 2 is 2.08 bits per heavy atom. The van der Waals surface area contributed by atoms with Gasteiger partial charge in [-0.2, -0.15) is 0 Å². The lowest BCUT2D eigenvalue weighted by Crippen LogP contribution is -2.52. The fraction of sp³-hybridized carbons (Fsp3) is 0.333. The van der Waals surface area contributed by atoms with Crippen LogP contribution in [-0.2, 0) is 4.79 Å². The summed E-state index contributed by atoms with van der Waals surface area (Å²) in [4.78, 5) is 26.5. The zero-order valence-electron chi connectivity index (χ0n) is 14.4. The molecule has 5 nitrogen and oxygen atoms in total. The van der Waals surface area contributed by atoms with Crippen LogP contribution in [0.2, 0.25) is 0 Å². The van der Waals surface area contributed by atoms with Gasteiger partial charge in [0.15, 0.2) is 0 Å². The molecule has 0 radical (unpaired) electrons. The number of nitrogens with one attached hydrogen (secondary N) is 2. The van der Waals surface area contributed by atoms with Crippen molar-refractivity contribution in [1.29, 1.82) is 0 Å². The standard InChI is InChI=1S/C18H21N3O2S2.ClH/c1-13-11-19-8-9-21(13)18(23)14-4-6-15(7-5-14)20-16(22)12-25-17-3-2-10-24-17;/h2-7,10,13,19H,8-9,11-12H2,1H3,(H,20,22);1H/t13-;/m0./s1. The van der Waals surface area contributed by atoms with Crippen molar-refractivity contribution in [2.24, 2.45) is 0 Å². The molecule has 1 aliphatic heterocycles. The molecule has 2 amide bonds. The largest absolute Gasteiger partial charge is 0.333 e. The molecule has 3 rings (SSSR count). The van der Waals surface area contributed by atoms with Crippen molar-refractivity contribution in [3.63, 3.8) is 0 Å². The lowest BCUT2D eigenvalue weighted by Gasteiger charge is -2.34. The molecule has 1 atom stereocenters. The number of amides is 2. The van der Waals surface area contributed by atoms with Gasteiger partial charge in [-0.1, -0.05) is 6.07 Å². The Kier molecular flexibility index (Phi) is 7.96. The minimum atomic E-state index is -0.0480. The normalized spacial score (nSPS) is 16.7. The number of hydrogen-bond donors (Lipinski definition) is 2. The van der Waals surface area contributed by atoms with Crippen LogP contribution in [0.15, 0.2) is 46.0 Å². The first-order chi connectivity index (χ1) is 12.1. The summed E-state index contributed by atoms with van der Waals surface area (Å²) in [5.74, 6) is 0.368. The van der Waals surface area contributed by atoms with E-state index in [9.17, 15) is 9.59 Å². The smallest absolute Gasteiger partial charge is 0.254 e. The van der Waals surface area contributed by atoms with Crippen molar-refractivity contribution in [2.45, 2.75) is 17.2 Å². The Morgan fingerprint density at radius 1 is 1.31 bits per heavy atom. The van der Waals surface area contributed by atoms with Crippen LogP contribution >= 0.6 is 35.5 Å². The predicted octanol–water partition coefficient (Wildman–Crippen LogP) is 3.33. The number of thioether (sulfide) groups is 1. The van der Waals surface area contributed by atoms with E-state index in [1.165, 1.54) is 11.8 Å². The van der Waals surface area contributed by atoms with Crippen molar-refractivity contribution in [1.82, 2.24) is 10.2 Å². The minimum absolute atomic E-state index is 0. The fourth-order valence-corrected chi connectivity index (χ4v) is 4.27. The van der Waals surface area contributed by atoms with Gasteiger partial charge in [-0.25, -0.2) is 0 Å². The summed E-state index contributed by atoms with van der Waals surface area (Å²) in [5.41, 5.74) is 1.36. The van der Waals surface area contributed by atoms with Crippen LogP contribution in [0.3, 0.4) is 0 Å². The number of thiophene rings is 1. The molecule has 1 fully saturated rings. The van der Waals surface area contributed by atoms with Crippen molar-refractivity contribution in [3.05, 3.63) is 47.3 Å². The molecule has 1 aromatic heterocycles. The quantitative estimate of drug-likeness (QED) is 0.741. The van der Waals surface area contributed by atoms with Gasteiger partial charge in [0.2, 0.25) is 5.91 Å². The number of halogens is 1. The predicted molar refractivity (Wildman–Crippen MR) is 111 cm³/mol. The first-order valence-electron chi connectivity index (χ1n) is 8.21. The second-order valence-corrected chi connectivity index (χ2v) is 8.12. The number of piperazine rings is 1. The van der Waals surface area contributed by atoms with E-state index in [4.69, 9.17) is 0 Å². The van der Waals surface area contributed by atoms with Crippen molar-refractivity contribution in [3.8, 4) is 0 Å². The molecule has 26 heavy (non-hydrogen) atoms. The summed E-state index contributed by atoms with van der Waals surface area (Å²) < 4.78 is 1.13. The van der Waals surface area contributed by atoms with Gasteiger partial charge < -0.3 is 15.5 Å². The van der Waals surface area contributed by atoms with Gasteiger partial charge in [0.25, 0.3) is 5.91 Å². The molecule has 2 heterocycles. The van der Waals surface area contributed by atoms with Gasteiger partial charge in [0.05, 0.1) is 9.96 Å². The molecule has 2 aromatic rings.